The topological polar surface area (TPSA) is 143 Å². The first-order chi connectivity index (χ1) is 35.3. The highest BCUT2D eigenvalue weighted by Crippen LogP contribution is 2.53. The molecule has 324 valence electrons. The molecule has 72 heavy (non-hydrogen) atoms. The number of nitriles is 6. The molecule has 0 amide bonds. The molecule has 0 heterocycles. The van der Waals surface area contributed by atoms with Crippen molar-refractivity contribution in [1.29, 1.82) is 31.6 Å². The lowest BCUT2D eigenvalue weighted by molar-refractivity contribution is 1.44. The Bertz CT molecular complexity index is 4460. The molecule has 0 bridgehead atoms. The van der Waals surface area contributed by atoms with Gasteiger partial charge in [0, 0.05) is 0 Å². The molecule has 0 aromatic heterocycles. The predicted molar refractivity (Wildman–Crippen MR) is 286 cm³/mol. The lowest BCUT2D eigenvalue weighted by Crippen LogP contribution is -1.99. The van der Waals surface area contributed by atoms with E-state index in [9.17, 15) is 31.6 Å². The summed E-state index contributed by atoms with van der Waals surface area (Å²) < 4.78 is 0. The van der Waals surface area contributed by atoms with E-state index in [1.54, 1.807) is 36.4 Å². The third kappa shape index (κ3) is 6.30. The summed E-state index contributed by atoms with van der Waals surface area (Å²) in [5.41, 5.74) is 12.5. The molecular weight excluding hydrogens is 877 g/mol. The highest BCUT2D eigenvalue weighted by atomic mass is 14.3. The Morgan fingerprint density at radius 1 is 0.167 bits per heavy atom. The molecule has 0 saturated carbocycles. The van der Waals surface area contributed by atoms with Crippen molar-refractivity contribution < 1.29 is 0 Å². The average Bonchev–Trinajstić information content (AvgIpc) is 3.43. The summed E-state index contributed by atoms with van der Waals surface area (Å²) >= 11 is 0. The van der Waals surface area contributed by atoms with Crippen LogP contribution in [0.4, 0.5) is 0 Å². The third-order valence-electron chi connectivity index (χ3n) is 14.5. The molecule has 12 aromatic rings. The Kier molecular flexibility index (Phi) is 9.11. The van der Waals surface area contributed by atoms with Crippen molar-refractivity contribution in [1.82, 2.24) is 0 Å². The fourth-order valence-electron chi connectivity index (χ4n) is 11.0. The maximum absolute atomic E-state index is 10.4. The van der Waals surface area contributed by atoms with Crippen LogP contribution in [0.25, 0.3) is 131 Å². The number of nitrogens with zero attached hydrogens (tertiary/aromatic N) is 6. The smallest absolute Gasteiger partial charge is 0.101 e. The van der Waals surface area contributed by atoms with Gasteiger partial charge in [0.1, 0.15) is 36.4 Å². The van der Waals surface area contributed by atoms with Crippen molar-refractivity contribution in [2.24, 2.45) is 0 Å². The van der Waals surface area contributed by atoms with Crippen molar-refractivity contribution in [3.8, 4) is 103 Å². The van der Waals surface area contributed by atoms with Gasteiger partial charge in [-0.15, -0.1) is 0 Å². The zero-order valence-corrected chi connectivity index (χ0v) is 38.0. The summed E-state index contributed by atoms with van der Waals surface area (Å²) in [6.45, 7) is 0. The number of hydrogen-bond acceptors (Lipinski definition) is 6. The van der Waals surface area contributed by atoms with E-state index in [1.165, 1.54) is 0 Å². The van der Waals surface area contributed by atoms with Crippen molar-refractivity contribution >= 4 is 64.6 Å². The van der Waals surface area contributed by atoms with Gasteiger partial charge < -0.3 is 0 Å². The summed E-state index contributed by atoms with van der Waals surface area (Å²) in [4.78, 5) is 0. The van der Waals surface area contributed by atoms with E-state index in [1.807, 2.05) is 12.1 Å². The van der Waals surface area contributed by atoms with Gasteiger partial charge >= 0.3 is 0 Å². The molecule has 0 spiro atoms. The number of fused-ring (bicyclic) bond motifs is 18. The van der Waals surface area contributed by atoms with Crippen LogP contribution >= 0.6 is 0 Å². The highest BCUT2D eigenvalue weighted by molar-refractivity contribution is 6.15. The molecule has 0 saturated heterocycles. The average molecular weight is 907 g/mol. The molecule has 0 N–H and O–H groups in total. The molecule has 12 aromatic carbocycles. The van der Waals surface area contributed by atoms with E-state index < -0.39 is 0 Å². The molecule has 6 nitrogen and oxygen atoms in total. The lowest BCUT2D eigenvalue weighted by atomic mass is 9.77. The zero-order chi connectivity index (χ0) is 48.8. The minimum Gasteiger partial charge on any atom is -0.192 e. The van der Waals surface area contributed by atoms with Crippen LogP contribution in [0.5, 0.6) is 0 Å². The van der Waals surface area contributed by atoms with Crippen LogP contribution in [-0.4, -0.2) is 0 Å². The van der Waals surface area contributed by atoms with Gasteiger partial charge in [0.2, 0.25) is 0 Å². The summed E-state index contributed by atoms with van der Waals surface area (Å²) in [5, 5.41) is 72.9. The van der Waals surface area contributed by atoms with E-state index in [2.05, 4.69) is 170 Å². The quantitative estimate of drug-likeness (QED) is 0.148. The van der Waals surface area contributed by atoms with Crippen LogP contribution in [0.1, 0.15) is 33.4 Å². The maximum Gasteiger partial charge on any atom is 0.101 e. The van der Waals surface area contributed by atoms with Crippen LogP contribution < -0.4 is 0 Å². The SMILES string of the molecule is N#Cc1cc2cc3c(cc2cc1C#N)-c1cc2cc(C#N)c(C#N)cc2cc1-c1cc2cc(C#N)c(C#N)cc2cc1-c1cc2ccccc2cc1-c1cc2ccccc2cc1-c1cc2ccccc2cc1-3. The largest absolute Gasteiger partial charge is 0.192 e. The van der Waals surface area contributed by atoms with Crippen molar-refractivity contribution in [2.75, 3.05) is 0 Å². The second-order valence-electron chi connectivity index (χ2n) is 18.3. The third-order valence-corrected chi connectivity index (χ3v) is 14.5. The Morgan fingerprint density at radius 2 is 0.292 bits per heavy atom. The molecule has 13 rings (SSSR count). The molecule has 0 radical (unpaired) electrons. The molecular formula is C66H30N6. The summed E-state index contributed by atoms with van der Waals surface area (Å²) in [6.07, 6.45) is 0. The summed E-state index contributed by atoms with van der Waals surface area (Å²) in [7, 11) is 0. The first kappa shape index (κ1) is 41.3. The van der Waals surface area contributed by atoms with Crippen molar-refractivity contribution in [3.05, 3.63) is 215 Å². The zero-order valence-electron chi connectivity index (χ0n) is 38.0. The fourth-order valence-corrected chi connectivity index (χ4v) is 11.0. The minimum absolute atomic E-state index is 0.254. The summed E-state index contributed by atoms with van der Waals surface area (Å²) in [5.74, 6) is 0. The molecule has 0 aliphatic heterocycles. The Hall–Kier alpha value is -10.9. The van der Waals surface area contributed by atoms with Crippen LogP contribution in [0.15, 0.2) is 182 Å². The predicted octanol–water partition coefficient (Wildman–Crippen LogP) is 16.2. The van der Waals surface area contributed by atoms with Crippen LogP contribution in [0.3, 0.4) is 0 Å². The van der Waals surface area contributed by atoms with Crippen LogP contribution in [0, 0.1) is 68.0 Å². The first-order valence-electron chi connectivity index (χ1n) is 23.2. The second kappa shape index (κ2) is 15.9. The molecule has 0 fully saturated rings. The lowest BCUT2D eigenvalue weighted by Gasteiger charge is -2.25. The van der Waals surface area contributed by atoms with E-state index in [-0.39, 0.29) is 33.4 Å². The van der Waals surface area contributed by atoms with Gasteiger partial charge in [0.05, 0.1) is 33.4 Å². The Labute approximate surface area is 412 Å². The fraction of sp³-hybridized carbons (Fsp3) is 0. The standard InChI is InChI=1S/C66H30N6/c67-31-49-13-43-25-61-59-23-41-11-5-3-9-39(41)21-57(59)55-19-37-7-1-2-8-38(37)20-56(55)58-22-40-10-4-6-12-42(40)24-60(58)62-26-44-14-50(32-68)52(34-70)16-46(44)28-64(62)66-30-48-18-54(36-72)53(35-71)17-47(48)29-65(66)63(61)27-45(43)15-51(49)33-69/h1-30H. The molecule has 0 unspecified atom stereocenters. The van der Waals surface area contributed by atoms with Crippen LogP contribution in [0.2, 0.25) is 0 Å². The molecule has 1 aliphatic carbocycles. The monoisotopic (exact) mass is 906 g/mol. The van der Waals surface area contributed by atoms with Gasteiger partial charge in [0.15, 0.2) is 0 Å². The number of rotatable bonds is 0. The number of benzene rings is 12. The van der Waals surface area contributed by atoms with E-state index >= 15 is 0 Å². The van der Waals surface area contributed by atoms with Crippen molar-refractivity contribution in [2.45, 2.75) is 0 Å². The van der Waals surface area contributed by atoms with Gasteiger partial charge in [-0.25, -0.2) is 0 Å². The Balaban J connectivity index is 1.32. The molecule has 0 atom stereocenters. The number of hydrogen-bond donors (Lipinski definition) is 0. The molecule has 6 heteroatoms. The maximum atomic E-state index is 10.4. The van der Waals surface area contributed by atoms with Gasteiger partial charge in [0.25, 0.3) is 0 Å². The minimum atomic E-state index is 0.254. The highest BCUT2D eigenvalue weighted by Gasteiger charge is 2.27. The van der Waals surface area contributed by atoms with E-state index in [0.29, 0.717) is 0 Å². The van der Waals surface area contributed by atoms with Crippen molar-refractivity contribution in [3.63, 3.8) is 0 Å². The Morgan fingerprint density at radius 3 is 0.417 bits per heavy atom. The first-order valence-corrected chi connectivity index (χ1v) is 23.2. The van der Waals surface area contributed by atoms with Gasteiger partial charge in [-0.3, -0.25) is 0 Å². The van der Waals surface area contributed by atoms with Gasteiger partial charge in [-0.2, -0.15) is 31.6 Å². The summed E-state index contributed by atoms with van der Waals surface area (Å²) in [6, 6.07) is 75.6. The second-order valence-corrected chi connectivity index (χ2v) is 18.3. The molecule has 1 aliphatic rings. The van der Waals surface area contributed by atoms with E-state index in [0.717, 1.165) is 131 Å². The van der Waals surface area contributed by atoms with E-state index in [4.69, 9.17) is 0 Å². The normalized spacial score (nSPS) is 11.2. The van der Waals surface area contributed by atoms with Gasteiger partial charge in [-0.05, 0) is 241 Å². The van der Waals surface area contributed by atoms with Gasteiger partial charge in [-0.1, -0.05) is 72.8 Å². The van der Waals surface area contributed by atoms with Crippen LogP contribution in [-0.2, 0) is 0 Å².